The molecule has 1 aromatic heterocycles. The molecule has 0 saturated heterocycles. The highest BCUT2D eigenvalue weighted by Crippen LogP contribution is 2.37. The summed E-state index contributed by atoms with van der Waals surface area (Å²) < 4.78 is 44.2. The van der Waals surface area contributed by atoms with Crippen molar-refractivity contribution >= 4 is 11.1 Å². The Labute approximate surface area is 108 Å². The molecule has 1 aromatic carbocycles. The molecule has 1 N–H and O–H groups in total. The first kappa shape index (κ1) is 13.9. The monoisotopic (exact) mass is 273 g/mol. The van der Waals surface area contributed by atoms with Gasteiger partial charge in [-0.25, -0.2) is 4.98 Å². The fourth-order valence-electron chi connectivity index (χ4n) is 1.84. The van der Waals surface area contributed by atoms with Crippen molar-refractivity contribution in [1.82, 2.24) is 4.98 Å². The minimum atomic E-state index is -4.50. The lowest BCUT2D eigenvalue weighted by Gasteiger charge is -2.08. The van der Waals surface area contributed by atoms with E-state index in [9.17, 15) is 13.2 Å². The van der Waals surface area contributed by atoms with Crippen LogP contribution in [-0.4, -0.2) is 16.7 Å². The second kappa shape index (κ2) is 4.85. The first-order chi connectivity index (χ1) is 8.82. The van der Waals surface area contributed by atoms with Gasteiger partial charge in [0.05, 0.1) is 0 Å². The molecule has 0 aliphatic heterocycles. The van der Waals surface area contributed by atoms with E-state index in [1.54, 1.807) is 13.8 Å². The summed E-state index contributed by atoms with van der Waals surface area (Å²) in [5.41, 5.74) is -0.501. The normalized spacial score (nSPS) is 12.6. The molecular formula is C13H14F3NO2. The Hall–Kier alpha value is -1.56. The fourth-order valence-corrected chi connectivity index (χ4v) is 1.84. The Bertz CT molecular complexity index is 587. The lowest BCUT2D eigenvalue weighted by molar-refractivity contribution is -0.136. The number of hydrogen-bond acceptors (Lipinski definition) is 3. The van der Waals surface area contributed by atoms with Crippen LogP contribution in [0.15, 0.2) is 16.5 Å². The van der Waals surface area contributed by atoms with Gasteiger partial charge in [0.15, 0.2) is 11.5 Å². The molecule has 0 atom stereocenters. The molecule has 0 bridgehead atoms. The van der Waals surface area contributed by atoms with E-state index in [2.05, 4.69) is 4.98 Å². The maximum Gasteiger partial charge on any atom is 0.420 e. The van der Waals surface area contributed by atoms with Crippen LogP contribution < -0.4 is 0 Å². The molecule has 0 spiro atoms. The van der Waals surface area contributed by atoms with Crippen LogP contribution >= 0.6 is 0 Å². The Morgan fingerprint density at radius 2 is 2.00 bits per heavy atom. The predicted molar refractivity (Wildman–Crippen MR) is 63.9 cm³/mol. The molecule has 2 aromatic rings. The summed E-state index contributed by atoms with van der Waals surface area (Å²) in [5.74, 6) is 0.191. The molecule has 0 fully saturated rings. The number of alkyl halides is 3. The number of oxazole rings is 1. The molecule has 0 amide bonds. The van der Waals surface area contributed by atoms with Gasteiger partial charge in [-0.2, -0.15) is 13.2 Å². The summed E-state index contributed by atoms with van der Waals surface area (Å²) in [6.07, 6.45) is -4.35. The molecule has 0 unspecified atom stereocenters. The third-order valence-corrected chi connectivity index (χ3v) is 2.77. The molecule has 2 rings (SSSR count). The van der Waals surface area contributed by atoms with E-state index in [0.29, 0.717) is 5.56 Å². The highest BCUT2D eigenvalue weighted by Gasteiger charge is 2.35. The summed E-state index contributed by atoms with van der Waals surface area (Å²) in [6.45, 7) is 3.39. The summed E-state index contributed by atoms with van der Waals surface area (Å²) in [5, 5.41) is 8.85. The Morgan fingerprint density at radius 1 is 1.32 bits per heavy atom. The van der Waals surface area contributed by atoms with E-state index in [1.165, 1.54) is 6.07 Å². The van der Waals surface area contributed by atoms with Gasteiger partial charge in [-0.3, -0.25) is 0 Å². The van der Waals surface area contributed by atoms with E-state index < -0.39 is 11.7 Å². The SMILES string of the molecule is CC(C)c1nc2cc(CCO)cc(C(F)(F)F)c2o1. The van der Waals surface area contributed by atoms with Crippen LogP contribution in [0, 0.1) is 0 Å². The van der Waals surface area contributed by atoms with Crippen LogP contribution in [0.5, 0.6) is 0 Å². The van der Waals surface area contributed by atoms with Gasteiger partial charge in [-0.1, -0.05) is 13.8 Å². The van der Waals surface area contributed by atoms with E-state index in [4.69, 9.17) is 9.52 Å². The minimum absolute atomic E-state index is 0.0882. The number of halogens is 3. The van der Waals surface area contributed by atoms with Crippen LogP contribution in [0.3, 0.4) is 0 Å². The van der Waals surface area contributed by atoms with Crippen LogP contribution in [0.1, 0.15) is 36.8 Å². The van der Waals surface area contributed by atoms with Crippen LogP contribution in [0.25, 0.3) is 11.1 Å². The fraction of sp³-hybridized carbons (Fsp3) is 0.462. The van der Waals surface area contributed by atoms with Gasteiger partial charge in [-0.05, 0) is 24.1 Å². The van der Waals surface area contributed by atoms with E-state index in [0.717, 1.165) is 6.07 Å². The van der Waals surface area contributed by atoms with E-state index >= 15 is 0 Å². The average Bonchev–Trinajstić information content (AvgIpc) is 2.70. The van der Waals surface area contributed by atoms with Crippen LogP contribution in [0.2, 0.25) is 0 Å². The summed E-state index contributed by atoms with van der Waals surface area (Å²) in [4.78, 5) is 4.08. The maximum atomic E-state index is 13.0. The van der Waals surface area contributed by atoms with Crippen molar-refractivity contribution in [2.75, 3.05) is 6.61 Å². The zero-order valence-corrected chi connectivity index (χ0v) is 10.6. The number of hydrogen-bond donors (Lipinski definition) is 1. The van der Waals surface area contributed by atoms with Crippen LogP contribution in [-0.2, 0) is 12.6 Å². The molecule has 104 valence electrons. The lowest BCUT2D eigenvalue weighted by atomic mass is 10.1. The van der Waals surface area contributed by atoms with E-state index in [-0.39, 0.29) is 35.9 Å². The van der Waals surface area contributed by atoms with Gasteiger partial charge in [0, 0.05) is 12.5 Å². The van der Waals surface area contributed by atoms with Gasteiger partial charge in [0.1, 0.15) is 11.1 Å². The number of rotatable bonds is 3. The third kappa shape index (κ3) is 2.73. The maximum absolute atomic E-state index is 13.0. The van der Waals surface area contributed by atoms with Gasteiger partial charge in [0.25, 0.3) is 0 Å². The molecule has 19 heavy (non-hydrogen) atoms. The molecule has 0 radical (unpaired) electrons. The van der Waals surface area contributed by atoms with Crippen LogP contribution in [0.4, 0.5) is 13.2 Å². The number of aliphatic hydroxyl groups excluding tert-OH is 1. The van der Waals surface area contributed by atoms with Crippen molar-refractivity contribution in [3.8, 4) is 0 Å². The first-order valence-corrected chi connectivity index (χ1v) is 5.94. The van der Waals surface area contributed by atoms with Crippen molar-refractivity contribution in [2.24, 2.45) is 0 Å². The van der Waals surface area contributed by atoms with E-state index in [1.807, 2.05) is 0 Å². The lowest BCUT2D eigenvalue weighted by Crippen LogP contribution is -2.06. The molecule has 1 heterocycles. The Balaban J connectivity index is 2.68. The molecule has 3 nitrogen and oxygen atoms in total. The third-order valence-electron chi connectivity index (χ3n) is 2.77. The highest BCUT2D eigenvalue weighted by molar-refractivity contribution is 5.78. The quantitative estimate of drug-likeness (QED) is 0.930. The van der Waals surface area contributed by atoms with Gasteiger partial charge < -0.3 is 9.52 Å². The second-order valence-electron chi connectivity index (χ2n) is 4.67. The number of nitrogens with zero attached hydrogens (tertiary/aromatic N) is 1. The van der Waals surface area contributed by atoms with Crippen molar-refractivity contribution in [1.29, 1.82) is 0 Å². The largest absolute Gasteiger partial charge is 0.440 e. The summed E-state index contributed by atoms with van der Waals surface area (Å²) in [6, 6.07) is 2.53. The molecule has 0 aliphatic carbocycles. The Morgan fingerprint density at radius 3 is 2.53 bits per heavy atom. The van der Waals surface area contributed by atoms with Gasteiger partial charge in [0.2, 0.25) is 0 Å². The summed E-state index contributed by atoms with van der Waals surface area (Å²) >= 11 is 0. The molecule has 6 heteroatoms. The topological polar surface area (TPSA) is 46.3 Å². The first-order valence-electron chi connectivity index (χ1n) is 5.94. The smallest absolute Gasteiger partial charge is 0.420 e. The van der Waals surface area contributed by atoms with Crippen molar-refractivity contribution in [3.63, 3.8) is 0 Å². The minimum Gasteiger partial charge on any atom is -0.440 e. The average molecular weight is 273 g/mol. The number of fused-ring (bicyclic) bond motifs is 1. The highest BCUT2D eigenvalue weighted by atomic mass is 19.4. The summed E-state index contributed by atoms with van der Waals surface area (Å²) in [7, 11) is 0. The zero-order valence-electron chi connectivity index (χ0n) is 10.6. The van der Waals surface area contributed by atoms with Gasteiger partial charge in [-0.15, -0.1) is 0 Å². The number of aliphatic hydroxyl groups is 1. The Kier molecular flexibility index (Phi) is 3.54. The predicted octanol–water partition coefficient (Wildman–Crippen LogP) is 3.50. The van der Waals surface area contributed by atoms with Crippen molar-refractivity contribution in [3.05, 3.63) is 29.2 Å². The molecule has 0 saturated carbocycles. The van der Waals surface area contributed by atoms with Crippen molar-refractivity contribution in [2.45, 2.75) is 32.4 Å². The zero-order chi connectivity index (χ0) is 14.2. The van der Waals surface area contributed by atoms with Crippen molar-refractivity contribution < 1.29 is 22.7 Å². The number of benzene rings is 1. The second-order valence-corrected chi connectivity index (χ2v) is 4.67. The molecule has 0 aliphatic rings. The molecular weight excluding hydrogens is 259 g/mol. The number of aromatic nitrogens is 1. The van der Waals surface area contributed by atoms with Gasteiger partial charge >= 0.3 is 6.18 Å². The standard InChI is InChI=1S/C13H14F3NO2/c1-7(2)12-17-10-6-8(3-4-18)5-9(11(10)19-12)13(14,15)16/h5-7,18H,3-4H2,1-2H3.